The van der Waals surface area contributed by atoms with E-state index in [1.165, 1.54) is 32.1 Å². The molecule has 1 aromatic carbocycles. The normalized spacial score (nSPS) is 15.9. The highest BCUT2D eigenvalue weighted by Crippen LogP contribution is 2.44. The summed E-state index contributed by atoms with van der Waals surface area (Å²) in [6.45, 7) is 3.55. The number of carbonyl (C=O) groups is 1. The number of hydrogen-bond donors (Lipinski definition) is 2. The van der Waals surface area contributed by atoms with Crippen LogP contribution in [0.1, 0.15) is 54.9 Å². The lowest BCUT2D eigenvalue weighted by atomic mass is 9.66. The van der Waals surface area contributed by atoms with Crippen molar-refractivity contribution < 1.29 is 4.79 Å². The fraction of sp³-hybridized carbons (Fsp3) is 0.562. The van der Waals surface area contributed by atoms with Crippen molar-refractivity contribution in [2.24, 2.45) is 11.1 Å². The molecule has 1 aliphatic carbocycles. The molecule has 0 radical (unpaired) electrons. The molecule has 0 spiro atoms. The third kappa shape index (κ3) is 3.97. The highest BCUT2D eigenvalue weighted by atomic mass is 35.5. The Labute approximate surface area is 127 Å². The van der Waals surface area contributed by atoms with Gasteiger partial charge in [0.15, 0.2) is 0 Å². The van der Waals surface area contributed by atoms with Gasteiger partial charge in [-0.15, -0.1) is 12.4 Å². The van der Waals surface area contributed by atoms with Gasteiger partial charge >= 0.3 is 0 Å². The molecule has 1 fully saturated rings. The number of benzene rings is 1. The van der Waals surface area contributed by atoms with Crippen LogP contribution < -0.4 is 11.1 Å². The third-order valence-corrected chi connectivity index (χ3v) is 4.27. The Morgan fingerprint density at radius 2 is 1.95 bits per heavy atom. The zero-order valence-electron chi connectivity index (χ0n) is 12.2. The topological polar surface area (TPSA) is 55.1 Å². The van der Waals surface area contributed by atoms with Gasteiger partial charge < -0.3 is 11.1 Å². The summed E-state index contributed by atoms with van der Waals surface area (Å²) in [5.74, 6) is 0.0333. The molecule has 0 saturated heterocycles. The zero-order valence-corrected chi connectivity index (χ0v) is 13.0. The fourth-order valence-electron chi connectivity index (χ4n) is 2.88. The van der Waals surface area contributed by atoms with Crippen molar-refractivity contribution in [3.8, 4) is 0 Å². The fourth-order valence-corrected chi connectivity index (χ4v) is 2.88. The summed E-state index contributed by atoms with van der Waals surface area (Å²) >= 11 is 0. The molecule has 0 aliphatic heterocycles. The lowest BCUT2D eigenvalue weighted by molar-refractivity contribution is 0.0832. The monoisotopic (exact) mass is 296 g/mol. The molecule has 4 heteroatoms. The van der Waals surface area contributed by atoms with Crippen molar-refractivity contribution in [2.45, 2.75) is 45.6 Å². The molecule has 0 aromatic heterocycles. The van der Waals surface area contributed by atoms with E-state index in [2.05, 4.69) is 12.2 Å². The second-order valence-electron chi connectivity index (χ2n) is 5.69. The molecule has 3 N–H and O–H groups in total. The second-order valence-corrected chi connectivity index (χ2v) is 5.69. The highest BCUT2D eigenvalue weighted by Gasteiger charge is 2.36. The van der Waals surface area contributed by atoms with Crippen molar-refractivity contribution in [3.05, 3.63) is 35.4 Å². The Balaban J connectivity index is 0.00000200. The first kappa shape index (κ1) is 17.0. The molecule has 0 atom stereocenters. The maximum absolute atomic E-state index is 12.1. The maximum atomic E-state index is 12.1. The Bertz CT molecular complexity index is 427. The van der Waals surface area contributed by atoms with Gasteiger partial charge in [-0.3, -0.25) is 4.79 Å². The number of nitrogens with two attached hydrogens (primary N) is 1. The van der Waals surface area contributed by atoms with Crippen LogP contribution in [0, 0.1) is 5.41 Å². The molecule has 112 valence electrons. The van der Waals surface area contributed by atoms with E-state index in [9.17, 15) is 4.79 Å². The molecule has 1 aromatic rings. The van der Waals surface area contributed by atoms with E-state index in [4.69, 9.17) is 5.73 Å². The number of carbonyl (C=O) groups excluding carboxylic acids is 1. The van der Waals surface area contributed by atoms with Gasteiger partial charge in [0.2, 0.25) is 0 Å². The predicted octanol–water partition coefficient (Wildman–Crippen LogP) is 3.27. The van der Waals surface area contributed by atoms with Gasteiger partial charge in [-0.2, -0.15) is 0 Å². The molecule has 1 saturated carbocycles. The molecule has 1 aliphatic rings. The molecule has 1 amide bonds. The number of amides is 1. The summed E-state index contributed by atoms with van der Waals surface area (Å²) in [4.78, 5) is 12.1. The Hall–Kier alpha value is -1.06. The molecule has 2 rings (SSSR count). The first-order valence-corrected chi connectivity index (χ1v) is 7.26. The summed E-state index contributed by atoms with van der Waals surface area (Å²) in [5, 5.41) is 3.09. The van der Waals surface area contributed by atoms with Crippen molar-refractivity contribution in [1.29, 1.82) is 0 Å². The van der Waals surface area contributed by atoms with Gasteiger partial charge in [0.1, 0.15) is 0 Å². The van der Waals surface area contributed by atoms with Crippen LogP contribution in [-0.4, -0.2) is 12.5 Å². The van der Waals surface area contributed by atoms with E-state index in [0.29, 0.717) is 12.0 Å². The molecule has 0 unspecified atom stereocenters. The van der Waals surface area contributed by atoms with Crippen LogP contribution in [0.25, 0.3) is 0 Å². The van der Waals surface area contributed by atoms with Crippen LogP contribution in [-0.2, 0) is 6.54 Å². The standard InChI is InChI=1S/C16H24N2O.ClH/c1-2-8-16(9-3-10-16)12-18-15(19)14-6-4-13(11-17)5-7-14;/h4-7H,2-3,8-12,17H2,1H3,(H,18,19);1H. The molecule has 20 heavy (non-hydrogen) atoms. The first-order chi connectivity index (χ1) is 9.19. The average molecular weight is 297 g/mol. The van der Waals surface area contributed by atoms with Crippen LogP contribution in [0.5, 0.6) is 0 Å². The van der Waals surface area contributed by atoms with Gasteiger partial charge in [-0.05, 0) is 42.4 Å². The van der Waals surface area contributed by atoms with Crippen LogP contribution in [0.15, 0.2) is 24.3 Å². The van der Waals surface area contributed by atoms with Crippen LogP contribution in [0.2, 0.25) is 0 Å². The van der Waals surface area contributed by atoms with E-state index in [0.717, 1.165) is 17.7 Å². The van der Waals surface area contributed by atoms with E-state index in [1.807, 2.05) is 24.3 Å². The minimum absolute atomic E-state index is 0. The first-order valence-electron chi connectivity index (χ1n) is 7.26. The van der Waals surface area contributed by atoms with Gasteiger partial charge in [-0.1, -0.05) is 31.9 Å². The summed E-state index contributed by atoms with van der Waals surface area (Å²) in [5.41, 5.74) is 7.71. The Morgan fingerprint density at radius 1 is 1.30 bits per heavy atom. The molecule has 0 bridgehead atoms. The summed E-state index contributed by atoms with van der Waals surface area (Å²) in [6, 6.07) is 7.54. The van der Waals surface area contributed by atoms with E-state index in [-0.39, 0.29) is 18.3 Å². The number of rotatable bonds is 6. The van der Waals surface area contributed by atoms with Gasteiger partial charge in [0, 0.05) is 18.7 Å². The van der Waals surface area contributed by atoms with Crippen LogP contribution in [0.4, 0.5) is 0 Å². The third-order valence-electron chi connectivity index (χ3n) is 4.27. The summed E-state index contributed by atoms with van der Waals surface area (Å²) in [6.07, 6.45) is 6.24. The molecule has 0 heterocycles. The Kier molecular flexibility index (Phi) is 6.50. The van der Waals surface area contributed by atoms with E-state index >= 15 is 0 Å². The molecule has 3 nitrogen and oxygen atoms in total. The minimum Gasteiger partial charge on any atom is -0.351 e. The Morgan fingerprint density at radius 3 is 2.40 bits per heavy atom. The highest BCUT2D eigenvalue weighted by molar-refractivity contribution is 5.94. The van der Waals surface area contributed by atoms with Crippen LogP contribution >= 0.6 is 12.4 Å². The van der Waals surface area contributed by atoms with Gasteiger partial charge in [0.05, 0.1) is 0 Å². The van der Waals surface area contributed by atoms with Crippen molar-refractivity contribution in [2.75, 3.05) is 6.54 Å². The number of halogens is 1. The SMILES string of the molecule is CCCC1(CNC(=O)c2ccc(CN)cc2)CCC1.Cl. The van der Waals surface area contributed by atoms with Crippen molar-refractivity contribution >= 4 is 18.3 Å². The lowest BCUT2D eigenvalue weighted by Crippen LogP contribution is -2.42. The van der Waals surface area contributed by atoms with Crippen molar-refractivity contribution in [1.82, 2.24) is 5.32 Å². The lowest BCUT2D eigenvalue weighted by Gasteiger charge is -2.42. The van der Waals surface area contributed by atoms with E-state index in [1.54, 1.807) is 0 Å². The average Bonchev–Trinajstić information content (AvgIpc) is 2.41. The second kappa shape index (κ2) is 7.65. The maximum Gasteiger partial charge on any atom is 0.251 e. The van der Waals surface area contributed by atoms with Crippen molar-refractivity contribution in [3.63, 3.8) is 0 Å². The minimum atomic E-state index is 0. The quantitative estimate of drug-likeness (QED) is 0.846. The molecular formula is C16H25ClN2O. The predicted molar refractivity (Wildman–Crippen MR) is 85.1 cm³/mol. The van der Waals surface area contributed by atoms with Gasteiger partial charge in [0.25, 0.3) is 5.91 Å². The smallest absolute Gasteiger partial charge is 0.251 e. The summed E-state index contributed by atoms with van der Waals surface area (Å²) in [7, 11) is 0. The molecular weight excluding hydrogens is 272 g/mol. The number of hydrogen-bond acceptors (Lipinski definition) is 2. The number of nitrogens with one attached hydrogen (secondary N) is 1. The van der Waals surface area contributed by atoms with Gasteiger partial charge in [-0.25, -0.2) is 0 Å². The van der Waals surface area contributed by atoms with Crippen LogP contribution in [0.3, 0.4) is 0 Å². The largest absolute Gasteiger partial charge is 0.351 e. The van der Waals surface area contributed by atoms with E-state index < -0.39 is 0 Å². The summed E-state index contributed by atoms with van der Waals surface area (Å²) < 4.78 is 0. The zero-order chi connectivity index (χ0) is 13.7.